The first-order valence-corrected chi connectivity index (χ1v) is 9.92. The number of para-hydroxylation sites is 1. The zero-order valence-corrected chi connectivity index (χ0v) is 19.7. The maximum absolute atomic E-state index is 14.1. The molecule has 3 aromatic rings. The van der Waals surface area contributed by atoms with E-state index in [1.165, 1.54) is 17.4 Å². The molecular formula is C21H24Cl2F2N4OS. The molecule has 168 valence electrons. The van der Waals surface area contributed by atoms with Crippen LogP contribution >= 0.6 is 36.2 Å². The average molecular weight is 489 g/mol. The van der Waals surface area contributed by atoms with E-state index in [1.807, 2.05) is 38.6 Å². The predicted octanol–water partition coefficient (Wildman–Crippen LogP) is 6.47. The largest absolute Gasteiger partial charge is 0.450 e. The molecule has 31 heavy (non-hydrogen) atoms. The van der Waals surface area contributed by atoms with Crippen molar-refractivity contribution in [3.8, 4) is 11.5 Å². The molecule has 5 nitrogen and oxygen atoms in total. The number of hydrogen-bond donors (Lipinski definition) is 1. The number of ether oxygens (including phenoxy) is 1. The molecule has 0 atom stereocenters. The molecule has 0 fully saturated rings. The lowest BCUT2D eigenvalue weighted by atomic mass is 10.2. The predicted molar refractivity (Wildman–Crippen MR) is 128 cm³/mol. The van der Waals surface area contributed by atoms with Gasteiger partial charge in [-0.05, 0) is 39.6 Å². The number of thiazole rings is 1. The van der Waals surface area contributed by atoms with Crippen molar-refractivity contribution in [2.45, 2.75) is 13.3 Å². The maximum atomic E-state index is 14.1. The fourth-order valence-electron chi connectivity index (χ4n) is 2.48. The quantitative estimate of drug-likeness (QED) is 0.393. The Morgan fingerprint density at radius 1 is 1.19 bits per heavy atom. The van der Waals surface area contributed by atoms with Gasteiger partial charge in [0.05, 0.1) is 5.69 Å². The van der Waals surface area contributed by atoms with Gasteiger partial charge in [-0.2, -0.15) is 0 Å². The van der Waals surface area contributed by atoms with Crippen LogP contribution in [-0.2, 0) is 0 Å². The van der Waals surface area contributed by atoms with Gasteiger partial charge in [0.1, 0.15) is 11.6 Å². The molecule has 0 unspecified atom stereocenters. The first-order chi connectivity index (χ1) is 13.9. The SMILES string of the molecule is Cc1csc(Nc2cc(Oc3c(F)cccc3F)c(/C=C/CCN(C)C)cn2)n1.Cl.Cl. The van der Waals surface area contributed by atoms with Gasteiger partial charge in [0.15, 0.2) is 22.5 Å². The summed E-state index contributed by atoms with van der Waals surface area (Å²) in [5.74, 6) is -1.22. The summed E-state index contributed by atoms with van der Waals surface area (Å²) in [6.45, 7) is 2.78. The van der Waals surface area contributed by atoms with Crippen LogP contribution in [0.25, 0.3) is 6.08 Å². The molecule has 0 aliphatic carbocycles. The number of benzene rings is 1. The lowest BCUT2D eigenvalue weighted by Crippen LogP contribution is -2.11. The normalized spacial score (nSPS) is 10.6. The second-order valence-corrected chi connectivity index (χ2v) is 7.53. The highest BCUT2D eigenvalue weighted by atomic mass is 35.5. The van der Waals surface area contributed by atoms with Gasteiger partial charge in [0.25, 0.3) is 0 Å². The molecule has 0 aliphatic rings. The first kappa shape index (κ1) is 26.8. The summed E-state index contributed by atoms with van der Waals surface area (Å²) >= 11 is 1.44. The molecule has 0 radical (unpaired) electrons. The number of anilines is 2. The van der Waals surface area contributed by atoms with E-state index in [9.17, 15) is 8.78 Å². The van der Waals surface area contributed by atoms with E-state index in [1.54, 1.807) is 12.3 Å². The fraction of sp³-hybridized carbons (Fsp3) is 0.238. The zero-order valence-electron chi connectivity index (χ0n) is 17.3. The molecule has 2 heterocycles. The molecule has 1 aromatic carbocycles. The minimum Gasteiger partial charge on any atom is -0.450 e. The molecule has 10 heteroatoms. The van der Waals surface area contributed by atoms with Crippen LogP contribution in [0.15, 0.2) is 41.9 Å². The summed E-state index contributed by atoms with van der Waals surface area (Å²) in [5, 5.41) is 5.67. The molecule has 2 aromatic heterocycles. The molecule has 0 saturated carbocycles. The Labute approximate surface area is 197 Å². The second kappa shape index (κ2) is 12.6. The minimum absolute atomic E-state index is 0. The number of nitrogens with zero attached hydrogens (tertiary/aromatic N) is 3. The van der Waals surface area contributed by atoms with Crippen molar-refractivity contribution in [2.24, 2.45) is 0 Å². The Kier molecular flexibility index (Phi) is 10.8. The maximum Gasteiger partial charge on any atom is 0.198 e. The van der Waals surface area contributed by atoms with Gasteiger partial charge in [0.2, 0.25) is 0 Å². The van der Waals surface area contributed by atoms with Gasteiger partial charge in [-0.25, -0.2) is 18.7 Å². The van der Waals surface area contributed by atoms with E-state index in [4.69, 9.17) is 4.74 Å². The summed E-state index contributed by atoms with van der Waals surface area (Å²) in [7, 11) is 3.98. The third-order valence-corrected chi connectivity index (χ3v) is 4.80. The number of rotatable bonds is 8. The van der Waals surface area contributed by atoms with Gasteiger partial charge in [0, 0.05) is 29.8 Å². The van der Waals surface area contributed by atoms with E-state index >= 15 is 0 Å². The summed E-state index contributed by atoms with van der Waals surface area (Å²) < 4.78 is 33.8. The van der Waals surface area contributed by atoms with Crippen LogP contribution < -0.4 is 10.1 Å². The number of nitrogens with one attached hydrogen (secondary N) is 1. The van der Waals surface area contributed by atoms with E-state index in [0.29, 0.717) is 22.3 Å². The van der Waals surface area contributed by atoms with Gasteiger partial charge in [-0.3, -0.25) is 0 Å². The van der Waals surface area contributed by atoms with Gasteiger partial charge < -0.3 is 15.0 Å². The molecule has 0 bridgehead atoms. The van der Waals surface area contributed by atoms with E-state index in [0.717, 1.165) is 30.8 Å². The van der Waals surface area contributed by atoms with Crippen molar-refractivity contribution >= 4 is 53.2 Å². The van der Waals surface area contributed by atoms with Gasteiger partial charge >= 0.3 is 0 Å². The molecule has 0 spiro atoms. The zero-order chi connectivity index (χ0) is 20.8. The molecule has 0 amide bonds. The van der Waals surface area contributed by atoms with Gasteiger partial charge in [-0.1, -0.05) is 18.2 Å². The Hall–Kier alpha value is -2.26. The minimum atomic E-state index is -0.769. The van der Waals surface area contributed by atoms with Crippen molar-refractivity contribution in [3.05, 3.63) is 64.8 Å². The fourth-order valence-corrected chi connectivity index (χ4v) is 3.18. The van der Waals surface area contributed by atoms with Crippen LogP contribution in [0.5, 0.6) is 11.5 Å². The standard InChI is InChI=1S/C21H22F2N4OS.2ClH/c1-14-13-29-21(25-14)26-19-11-18(28-20-16(22)8-6-9-17(20)23)15(12-24-19)7-4-5-10-27(2)3;;/h4,6-9,11-13H,5,10H2,1-3H3,(H,24,25,26);2*1H/b7-4+;;. The van der Waals surface area contributed by atoms with Crippen molar-refractivity contribution in [1.82, 2.24) is 14.9 Å². The smallest absolute Gasteiger partial charge is 0.198 e. The summed E-state index contributed by atoms with van der Waals surface area (Å²) in [5.41, 5.74) is 1.51. The number of pyridine rings is 1. The van der Waals surface area contributed by atoms with E-state index in [-0.39, 0.29) is 24.8 Å². The van der Waals surface area contributed by atoms with Crippen molar-refractivity contribution < 1.29 is 13.5 Å². The highest BCUT2D eigenvalue weighted by Gasteiger charge is 2.14. The molecular weight excluding hydrogens is 465 g/mol. The lowest BCUT2D eigenvalue weighted by molar-refractivity contribution is 0.406. The number of halogens is 4. The monoisotopic (exact) mass is 488 g/mol. The van der Waals surface area contributed by atoms with Crippen molar-refractivity contribution in [3.63, 3.8) is 0 Å². The summed E-state index contributed by atoms with van der Waals surface area (Å²) in [4.78, 5) is 10.8. The summed E-state index contributed by atoms with van der Waals surface area (Å²) in [6, 6.07) is 5.21. The van der Waals surface area contributed by atoms with Crippen LogP contribution in [0.1, 0.15) is 17.7 Å². The van der Waals surface area contributed by atoms with Crippen LogP contribution in [-0.4, -0.2) is 35.5 Å². The lowest BCUT2D eigenvalue weighted by Gasteiger charge is -2.12. The molecule has 1 N–H and O–H groups in total. The topological polar surface area (TPSA) is 50.3 Å². The van der Waals surface area contributed by atoms with Crippen molar-refractivity contribution in [2.75, 3.05) is 26.0 Å². The van der Waals surface area contributed by atoms with E-state index < -0.39 is 17.4 Å². The van der Waals surface area contributed by atoms with Gasteiger partial charge in [-0.15, -0.1) is 36.2 Å². The molecule has 0 saturated heterocycles. The van der Waals surface area contributed by atoms with Crippen LogP contribution in [0, 0.1) is 18.6 Å². The van der Waals surface area contributed by atoms with Crippen molar-refractivity contribution in [1.29, 1.82) is 0 Å². The van der Waals surface area contributed by atoms with Crippen LogP contribution in [0.2, 0.25) is 0 Å². The average Bonchev–Trinajstić information content (AvgIpc) is 3.08. The second-order valence-electron chi connectivity index (χ2n) is 6.67. The number of hydrogen-bond acceptors (Lipinski definition) is 6. The third-order valence-electron chi connectivity index (χ3n) is 3.92. The molecule has 0 aliphatic heterocycles. The first-order valence-electron chi connectivity index (χ1n) is 9.04. The summed E-state index contributed by atoms with van der Waals surface area (Å²) in [6.07, 6.45) is 6.22. The van der Waals surface area contributed by atoms with Crippen LogP contribution in [0.3, 0.4) is 0 Å². The number of aromatic nitrogens is 2. The van der Waals surface area contributed by atoms with Crippen LogP contribution in [0.4, 0.5) is 19.7 Å². The Bertz CT molecular complexity index is 995. The Morgan fingerprint density at radius 3 is 2.52 bits per heavy atom. The molecule has 3 rings (SSSR count). The highest BCUT2D eigenvalue weighted by molar-refractivity contribution is 7.13. The van der Waals surface area contributed by atoms with E-state index in [2.05, 4.69) is 20.2 Å². The highest BCUT2D eigenvalue weighted by Crippen LogP contribution is 2.32. The Morgan fingerprint density at radius 2 is 1.90 bits per heavy atom. The Balaban J connectivity index is 0.00000240. The number of aryl methyl sites for hydroxylation is 1. The third kappa shape index (κ3) is 7.74.